The van der Waals surface area contributed by atoms with Crippen LogP contribution in [0.3, 0.4) is 0 Å². The van der Waals surface area contributed by atoms with E-state index >= 15 is 0 Å². The summed E-state index contributed by atoms with van der Waals surface area (Å²) in [4.78, 5) is 25.9. The van der Waals surface area contributed by atoms with Gasteiger partial charge < -0.3 is 10.1 Å². The van der Waals surface area contributed by atoms with Crippen LogP contribution in [0.15, 0.2) is 36.4 Å². The Morgan fingerprint density at radius 3 is 2.68 bits per heavy atom. The highest BCUT2D eigenvalue weighted by molar-refractivity contribution is 7.92. The van der Waals surface area contributed by atoms with Crippen molar-refractivity contribution < 1.29 is 22.7 Å². The molecule has 2 aliphatic heterocycles. The quantitative estimate of drug-likeness (QED) is 0.535. The molecule has 0 amide bonds. The number of sulfonamides is 1. The first-order chi connectivity index (χ1) is 14.6. The van der Waals surface area contributed by atoms with Crippen molar-refractivity contribution in [3.8, 4) is 11.1 Å². The molecule has 2 unspecified atom stereocenters. The van der Waals surface area contributed by atoms with Gasteiger partial charge in [-0.3, -0.25) is 14.3 Å². The number of hydrogen-bond acceptors (Lipinski definition) is 6. The van der Waals surface area contributed by atoms with Gasteiger partial charge in [-0.15, -0.1) is 0 Å². The van der Waals surface area contributed by atoms with E-state index in [1.54, 1.807) is 24.3 Å². The number of anilines is 1. The van der Waals surface area contributed by atoms with Crippen molar-refractivity contribution in [3.05, 3.63) is 52.5 Å². The Morgan fingerprint density at radius 2 is 2.00 bits per heavy atom. The molecule has 4 rings (SSSR count). The monoisotopic (exact) mass is 462 g/mol. The van der Waals surface area contributed by atoms with Gasteiger partial charge in [0.1, 0.15) is 5.92 Å². The van der Waals surface area contributed by atoms with Gasteiger partial charge in [-0.1, -0.05) is 23.7 Å². The number of piperidine rings is 1. The minimum atomic E-state index is -3.42. The smallest absolute Gasteiger partial charge is 0.322 e. The molecule has 31 heavy (non-hydrogen) atoms. The molecule has 2 aromatic carbocycles. The molecule has 0 radical (unpaired) electrons. The predicted molar refractivity (Wildman–Crippen MR) is 119 cm³/mol. The van der Waals surface area contributed by atoms with Crippen LogP contribution in [0.2, 0.25) is 5.02 Å². The van der Waals surface area contributed by atoms with Crippen molar-refractivity contribution in [2.45, 2.75) is 31.3 Å². The van der Waals surface area contributed by atoms with E-state index in [0.29, 0.717) is 40.4 Å². The van der Waals surface area contributed by atoms with E-state index < -0.39 is 27.5 Å². The zero-order valence-corrected chi connectivity index (χ0v) is 18.8. The van der Waals surface area contributed by atoms with E-state index in [0.717, 1.165) is 24.8 Å². The van der Waals surface area contributed by atoms with Gasteiger partial charge in [-0.05, 0) is 67.3 Å². The van der Waals surface area contributed by atoms with Crippen molar-refractivity contribution in [2.24, 2.45) is 0 Å². The first kappa shape index (κ1) is 21.8. The number of halogens is 1. The Labute approximate surface area is 186 Å². The lowest BCUT2D eigenvalue weighted by Gasteiger charge is -2.30. The van der Waals surface area contributed by atoms with E-state index in [2.05, 4.69) is 10.0 Å². The number of carbonyl (C=O) groups excluding carboxylic acids is 2. The molecule has 9 heteroatoms. The molecule has 2 atom stereocenters. The summed E-state index contributed by atoms with van der Waals surface area (Å²) in [6.07, 6.45) is 2.37. The topological polar surface area (TPSA) is 102 Å². The van der Waals surface area contributed by atoms with Crippen LogP contribution >= 0.6 is 11.6 Å². The minimum Gasteiger partial charge on any atom is -0.449 e. The van der Waals surface area contributed by atoms with E-state index in [-0.39, 0.29) is 5.78 Å². The van der Waals surface area contributed by atoms with Crippen LogP contribution in [0.1, 0.15) is 29.9 Å². The van der Waals surface area contributed by atoms with Gasteiger partial charge in [0.15, 0.2) is 11.4 Å². The van der Waals surface area contributed by atoms with Crippen LogP contribution in [-0.4, -0.2) is 45.1 Å². The van der Waals surface area contributed by atoms with Gasteiger partial charge in [0, 0.05) is 22.8 Å². The van der Waals surface area contributed by atoms with Crippen LogP contribution in [0, 0.1) is 6.92 Å². The molecule has 1 spiro atoms. The molecule has 2 aromatic rings. The molecule has 2 N–H and O–H groups in total. The number of rotatable bonds is 4. The highest BCUT2D eigenvalue weighted by atomic mass is 35.5. The Morgan fingerprint density at radius 1 is 1.23 bits per heavy atom. The zero-order valence-electron chi connectivity index (χ0n) is 17.2. The summed E-state index contributed by atoms with van der Waals surface area (Å²) in [6.45, 7) is 2.95. The number of benzene rings is 2. The number of carbonyl (C=O) groups is 2. The summed E-state index contributed by atoms with van der Waals surface area (Å²) in [7, 11) is -3.42. The minimum absolute atomic E-state index is 0.226. The number of hydrogen-bond donors (Lipinski definition) is 2. The number of aryl methyl sites for hydroxylation is 1. The van der Waals surface area contributed by atoms with Gasteiger partial charge >= 0.3 is 5.97 Å². The Kier molecular flexibility index (Phi) is 5.57. The number of nitrogens with one attached hydrogen (secondary N) is 2. The van der Waals surface area contributed by atoms with E-state index in [1.165, 1.54) is 0 Å². The van der Waals surface area contributed by atoms with Crippen LogP contribution < -0.4 is 10.0 Å². The van der Waals surface area contributed by atoms with Gasteiger partial charge in [-0.25, -0.2) is 8.42 Å². The third-order valence-corrected chi connectivity index (χ3v) is 6.65. The predicted octanol–water partition coefficient (Wildman–Crippen LogP) is 3.02. The summed E-state index contributed by atoms with van der Waals surface area (Å²) in [5.41, 5.74) is 1.98. The largest absolute Gasteiger partial charge is 0.449 e. The Bertz CT molecular complexity index is 1170. The molecule has 2 saturated heterocycles. The summed E-state index contributed by atoms with van der Waals surface area (Å²) in [5, 5.41) is 3.51. The maximum Gasteiger partial charge on any atom is 0.322 e. The summed E-state index contributed by atoms with van der Waals surface area (Å²) in [5.74, 6) is -1.76. The third kappa shape index (κ3) is 4.20. The van der Waals surface area contributed by atoms with Gasteiger partial charge in [0.25, 0.3) is 0 Å². The second kappa shape index (κ2) is 7.93. The molecule has 0 aliphatic carbocycles. The van der Waals surface area contributed by atoms with E-state index in [1.807, 2.05) is 19.1 Å². The van der Waals surface area contributed by atoms with Crippen LogP contribution in [0.4, 0.5) is 5.69 Å². The van der Waals surface area contributed by atoms with Crippen LogP contribution in [0.5, 0.6) is 0 Å². The van der Waals surface area contributed by atoms with Crippen LogP contribution in [0.25, 0.3) is 11.1 Å². The van der Waals surface area contributed by atoms with Crippen LogP contribution in [-0.2, 0) is 24.3 Å². The number of ether oxygens (including phenoxy) is 1. The molecule has 2 aliphatic rings. The lowest BCUT2D eigenvalue weighted by Crippen LogP contribution is -2.50. The van der Waals surface area contributed by atoms with Crippen molar-refractivity contribution >= 4 is 39.1 Å². The second-order valence-electron chi connectivity index (χ2n) is 8.14. The Hall–Kier alpha value is -2.42. The summed E-state index contributed by atoms with van der Waals surface area (Å²) < 4.78 is 31.1. The molecule has 2 heterocycles. The average Bonchev–Trinajstić information content (AvgIpc) is 2.92. The fourth-order valence-corrected chi connectivity index (χ4v) is 5.14. The lowest BCUT2D eigenvalue weighted by atomic mass is 9.81. The number of ketones is 1. The number of Topliss-reactive ketones (excluding diaryl/α,β-unsaturated/α-hetero) is 1. The van der Waals surface area contributed by atoms with Crippen molar-refractivity contribution in [1.29, 1.82) is 0 Å². The molecule has 0 saturated carbocycles. The molecule has 0 aromatic heterocycles. The average molecular weight is 463 g/mol. The van der Waals surface area contributed by atoms with E-state index in [4.69, 9.17) is 16.3 Å². The van der Waals surface area contributed by atoms with Gasteiger partial charge in [0.05, 0.1) is 6.26 Å². The number of esters is 1. The molecule has 164 valence electrons. The highest BCUT2D eigenvalue weighted by Crippen LogP contribution is 2.41. The molecule has 2 fully saturated rings. The second-order valence-corrected chi connectivity index (χ2v) is 10.3. The Balaban J connectivity index is 1.69. The summed E-state index contributed by atoms with van der Waals surface area (Å²) >= 11 is 6.56. The normalized spacial score (nSPS) is 23.8. The van der Waals surface area contributed by atoms with E-state index in [9.17, 15) is 18.0 Å². The SMILES string of the molecule is Cc1cc(-c2cccc(NS(C)(=O)=O)c2)c(Cl)cc1C1C(=O)OC2(CCCNC2)C1=O. The zero-order chi connectivity index (χ0) is 22.4. The standard InChI is InChI=1S/C22H23ClN2O5S/c1-13-9-17(14-5-3-6-15(10-14)25-31(2,28)29)18(23)11-16(13)19-20(26)22(30-21(19)27)7-4-8-24-12-22/h3,5-6,9-11,19,24-25H,4,7-8,12H2,1-2H3. The first-order valence-corrected chi connectivity index (χ1v) is 12.2. The molecule has 7 nitrogen and oxygen atoms in total. The molecular formula is C22H23ClN2O5S. The highest BCUT2D eigenvalue weighted by Gasteiger charge is 2.56. The lowest BCUT2D eigenvalue weighted by molar-refractivity contribution is -0.153. The maximum atomic E-state index is 13.2. The fraction of sp³-hybridized carbons (Fsp3) is 0.364. The van der Waals surface area contributed by atoms with Crippen molar-refractivity contribution in [3.63, 3.8) is 0 Å². The molecular weight excluding hydrogens is 440 g/mol. The third-order valence-electron chi connectivity index (χ3n) is 5.73. The summed E-state index contributed by atoms with van der Waals surface area (Å²) in [6, 6.07) is 10.3. The van der Waals surface area contributed by atoms with Crippen molar-refractivity contribution in [2.75, 3.05) is 24.1 Å². The first-order valence-electron chi connectivity index (χ1n) is 9.96. The van der Waals surface area contributed by atoms with Crippen molar-refractivity contribution in [1.82, 2.24) is 5.32 Å². The maximum absolute atomic E-state index is 13.2. The van der Waals surface area contributed by atoms with Gasteiger partial charge in [-0.2, -0.15) is 0 Å². The fourth-order valence-electron chi connectivity index (χ4n) is 4.31. The molecule has 0 bridgehead atoms. The van der Waals surface area contributed by atoms with Gasteiger partial charge in [0.2, 0.25) is 10.0 Å².